The van der Waals surface area contributed by atoms with Crippen molar-refractivity contribution in [3.05, 3.63) is 86.2 Å². The Bertz CT molecular complexity index is 1570. The van der Waals surface area contributed by atoms with E-state index in [1.54, 1.807) is 7.05 Å². The van der Waals surface area contributed by atoms with Crippen molar-refractivity contribution in [1.82, 2.24) is 23.1 Å². The minimum absolute atomic E-state index is 0.361. The summed E-state index contributed by atoms with van der Waals surface area (Å²) < 4.78 is 6.44. The van der Waals surface area contributed by atoms with Gasteiger partial charge in [-0.2, -0.15) is 4.98 Å². The predicted molar refractivity (Wildman–Crippen MR) is 122 cm³/mol. The third-order valence-electron chi connectivity index (χ3n) is 5.67. The van der Waals surface area contributed by atoms with Gasteiger partial charge in [0.05, 0.1) is 11.4 Å². The highest BCUT2D eigenvalue weighted by Gasteiger charge is 2.25. The fourth-order valence-corrected chi connectivity index (χ4v) is 4.30. The molecule has 0 saturated carbocycles. The predicted octanol–water partition coefficient (Wildman–Crippen LogP) is 3.56. The van der Waals surface area contributed by atoms with Crippen molar-refractivity contribution in [3.8, 4) is 16.9 Å². The number of aryl methyl sites for hydroxylation is 2. The van der Waals surface area contributed by atoms with Crippen LogP contribution in [0.2, 0.25) is 5.02 Å². The van der Waals surface area contributed by atoms with Gasteiger partial charge in [0, 0.05) is 30.4 Å². The summed E-state index contributed by atoms with van der Waals surface area (Å²) in [7, 11) is 3.12. The fourth-order valence-electron chi connectivity index (χ4n) is 4.18. The smallest absolute Gasteiger partial charge is 0.279 e. The molecule has 0 atom stereocenters. The van der Waals surface area contributed by atoms with Crippen molar-refractivity contribution in [1.29, 1.82) is 0 Å². The lowest BCUT2D eigenvalue weighted by Crippen LogP contribution is -2.37. The van der Waals surface area contributed by atoms with Crippen LogP contribution in [0.5, 0.6) is 0 Å². The van der Waals surface area contributed by atoms with E-state index in [-0.39, 0.29) is 5.56 Å². The van der Waals surface area contributed by atoms with Crippen LogP contribution >= 0.6 is 11.6 Å². The number of hydrogen-bond donors (Lipinski definition) is 0. The van der Waals surface area contributed by atoms with Gasteiger partial charge in [0.2, 0.25) is 5.78 Å². The van der Waals surface area contributed by atoms with Gasteiger partial charge in [-0.15, -0.1) is 0 Å². The zero-order chi connectivity index (χ0) is 21.9. The van der Waals surface area contributed by atoms with Gasteiger partial charge >= 0.3 is 5.69 Å². The van der Waals surface area contributed by atoms with E-state index < -0.39 is 5.69 Å². The second-order valence-electron chi connectivity index (χ2n) is 7.45. The molecule has 5 rings (SSSR count). The fraction of sp³-hybridized carbons (Fsp3) is 0.174. The molecule has 0 bridgehead atoms. The van der Waals surface area contributed by atoms with Crippen LogP contribution in [0.3, 0.4) is 0 Å². The molecule has 8 heteroatoms. The second-order valence-corrected chi connectivity index (χ2v) is 7.89. The first-order chi connectivity index (χ1) is 14.9. The Morgan fingerprint density at radius 1 is 0.935 bits per heavy atom. The molecule has 0 amide bonds. The highest BCUT2D eigenvalue weighted by atomic mass is 35.5. The summed E-state index contributed by atoms with van der Waals surface area (Å²) >= 11 is 6.14. The van der Waals surface area contributed by atoms with Crippen LogP contribution in [0, 0.1) is 0 Å². The molecule has 156 valence electrons. The summed E-state index contributed by atoms with van der Waals surface area (Å²) in [6.45, 7) is 2.05. The van der Waals surface area contributed by atoms with E-state index in [9.17, 15) is 9.59 Å². The largest absolute Gasteiger partial charge is 0.332 e. The summed E-state index contributed by atoms with van der Waals surface area (Å²) in [6, 6.07) is 17.5. The van der Waals surface area contributed by atoms with Crippen LogP contribution in [-0.2, 0) is 20.5 Å². The molecule has 7 nitrogen and oxygen atoms in total. The molecule has 0 spiro atoms. The lowest BCUT2D eigenvalue weighted by molar-refractivity contribution is 0.707. The van der Waals surface area contributed by atoms with Crippen LogP contribution in [0.15, 0.2) is 64.2 Å². The molecule has 3 heterocycles. The molecule has 0 fully saturated rings. The Labute approximate surface area is 182 Å². The highest BCUT2D eigenvalue weighted by Crippen LogP contribution is 2.33. The number of hydrogen-bond acceptors (Lipinski definition) is 3. The summed E-state index contributed by atoms with van der Waals surface area (Å²) in [4.78, 5) is 30.4. The van der Waals surface area contributed by atoms with Gasteiger partial charge in [0.1, 0.15) is 0 Å². The molecule has 5 aromatic rings. The number of imidazole rings is 2. The van der Waals surface area contributed by atoms with Crippen LogP contribution in [0.1, 0.15) is 12.6 Å². The van der Waals surface area contributed by atoms with E-state index in [0.29, 0.717) is 28.4 Å². The first-order valence-electron chi connectivity index (χ1n) is 9.97. The normalized spacial score (nSPS) is 11.6. The highest BCUT2D eigenvalue weighted by molar-refractivity contribution is 6.30. The van der Waals surface area contributed by atoms with Crippen molar-refractivity contribution < 1.29 is 0 Å². The molecule has 0 aliphatic rings. The molecule has 0 radical (unpaired) electrons. The molecular formula is C23H20ClN5O2. The quantitative estimate of drug-likeness (QED) is 0.437. The first-order valence-corrected chi connectivity index (χ1v) is 10.3. The standard InChI is InChI=1S/C23H20ClN5O2/c1-4-17-18(14-8-6-5-7-9-14)28(16-12-10-15(24)11-13-16)22-25-20-19(29(17)22)21(30)27(3)23(31)26(20)2/h5-13H,4H2,1-3H3. The van der Waals surface area contributed by atoms with Crippen molar-refractivity contribution in [2.24, 2.45) is 14.1 Å². The molecule has 0 N–H and O–H groups in total. The number of nitrogens with zero attached hydrogens (tertiary/aromatic N) is 5. The topological polar surface area (TPSA) is 66.2 Å². The van der Waals surface area contributed by atoms with Crippen LogP contribution < -0.4 is 11.2 Å². The second kappa shape index (κ2) is 6.99. The monoisotopic (exact) mass is 433 g/mol. The van der Waals surface area contributed by atoms with Crippen LogP contribution in [0.4, 0.5) is 0 Å². The van der Waals surface area contributed by atoms with E-state index in [2.05, 4.69) is 0 Å². The van der Waals surface area contributed by atoms with Crippen molar-refractivity contribution in [2.45, 2.75) is 13.3 Å². The maximum Gasteiger partial charge on any atom is 0.332 e. The number of halogens is 1. The van der Waals surface area contributed by atoms with E-state index in [0.717, 1.165) is 27.2 Å². The number of aromatic nitrogens is 5. The Morgan fingerprint density at radius 2 is 1.61 bits per heavy atom. The van der Waals surface area contributed by atoms with Gasteiger partial charge < -0.3 is 0 Å². The number of rotatable bonds is 3. The molecule has 0 aliphatic heterocycles. The van der Waals surface area contributed by atoms with Gasteiger partial charge in [-0.3, -0.25) is 22.9 Å². The Hall–Kier alpha value is -3.58. The summed E-state index contributed by atoms with van der Waals surface area (Å²) in [5.74, 6) is 0.575. The average molecular weight is 434 g/mol. The average Bonchev–Trinajstić information content (AvgIpc) is 3.32. The van der Waals surface area contributed by atoms with Crippen molar-refractivity contribution in [2.75, 3.05) is 0 Å². The van der Waals surface area contributed by atoms with E-state index in [4.69, 9.17) is 16.6 Å². The zero-order valence-corrected chi connectivity index (χ0v) is 18.1. The van der Waals surface area contributed by atoms with Gasteiger partial charge in [-0.05, 0) is 30.7 Å². The van der Waals surface area contributed by atoms with Gasteiger partial charge in [-0.1, -0.05) is 48.9 Å². The summed E-state index contributed by atoms with van der Waals surface area (Å²) in [5.41, 5.74) is 3.74. The minimum Gasteiger partial charge on any atom is -0.279 e. The Morgan fingerprint density at radius 3 is 2.26 bits per heavy atom. The zero-order valence-electron chi connectivity index (χ0n) is 17.3. The number of benzene rings is 2. The molecule has 0 aliphatic carbocycles. The van der Waals surface area contributed by atoms with Crippen molar-refractivity contribution >= 4 is 28.5 Å². The molecule has 31 heavy (non-hydrogen) atoms. The molecule has 0 saturated heterocycles. The SMILES string of the molecule is CCc1c(-c2ccccc2)n(-c2ccc(Cl)cc2)c2nc3c(c(=O)n(C)c(=O)n3C)n12. The van der Waals surface area contributed by atoms with Gasteiger partial charge in [0.25, 0.3) is 5.56 Å². The van der Waals surface area contributed by atoms with E-state index in [1.807, 2.05) is 70.5 Å². The third kappa shape index (κ3) is 2.70. The Balaban J connectivity index is 2.05. The van der Waals surface area contributed by atoms with E-state index >= 15 is 0 Å². The number of fused-ring (bicyclic) bond motifs is 3. The van der Waals surface area contributed by atoms with Gasteiger partial charge in [-0.25, -0.2) is 4.79 Å². The first kappa shape index (κ1) is 19.4. The maximum absolute atomic E-state index is 13.1. The maximum atomic E-state index is 13.1. The van der Waals surface area contributed by atoms with E-state index in [1.165, 1.54) is 11.6 Å². The lowest BCUT2D eigenvalue weighted by Gasteiger charge is -2.11. The third-order valence-corrected chi connectivity index (χ3v) is 5.93. The van der Waals surface area contributed by atoms with Crippen molar-refractivity contribution in [3.63, 3.8) is 0 Å². The molecule has 0 unspecified atom stereocenters. The minimum atomic E-state index is -0.405. The summed E-state index contributed by atoms with van der Waals surface area (Å²) in [5, 5.41) is 0.633. The molecular weight excluding hydrogens is 414 g/mol. The lowest BCUT2D eigenvalue weighted by atomic mass is 10.1. The molecule has 2 aromatic carbocycles. The van der Waals surface area contributed by atoms with Gasteiger partial charge in [0.15, 0.2) is 11.2 Å². The summed E-state index contributed by atoms with van der Waals surface area (Å²) in [6.07, 6.45) is 0.665. The molecule has 3 aromatic heterocycles. The van der Waals surface area contributed by atoms with Crippen LogP contribution in [-0.4, -0.2) is 23.1 Å². The van der Waals surface area contributed by atoms with Crippen LogP contribution in [0.25, 0.3) is 33.9 Å². The Kier molecular flexibility index (Phi) is 4.37.